The first-order valence-electron chi connectivity index (χ1n) is 6.57. The molecule has 1 heterocycles. The second kappa shape index (κ2) is 3.30. The zero-order valence-corrected chi connectivity index (χ0v) is 10.8. The SMILES string of the molecule is C[C@@]12CC1[C@H](n1cc3cc(O)cc(C(F)(F)F)c3n1)C2. The lowest BCUT2D eigenvalue weighted by Crippen LogP contribution is -2.27. The Morgan fingerprint density at radius 3 is 2.65 bits per heavy atom. The first-order valence-corrected chi connectivity index (χ1v) is 6.57. The highest BCUT2D eigenvalue weighted by atomic mass is 19.4. The van der Waals surface area contributed by atoms with Gasteiger partial charge in [-0.1, -0.05) is 6.92 Å². The third-order valence-corrected chi connectivity index (χ3v) is 4.82. The minimum absolute atomic E-state index is 0.0791. The lowest BCUT2D eigenvalue weighted by Gasteiger charge is -2.32. The Morgan fingerprint density at radius 1 is 1.35 bits per heavy atom. The van der Waals surface area contributed by atoms with Gasteiger partial charge in [-0.25, -0.2) is 0 Å². The average molecular weight is 282 g/mol. The maximum atomic E-state index is 13.0. The van der Waals surface area contributed by atoms with E-state index in [1.807, 2.05) is 0 Å². The van der Waals surface area contributed by atoms with Crippen LogP contribution in [0.2, 0.25) is 0 Å². The topological polar surface area (TPSA) is 38.0 Å². The summed E-state index contributed by atoms with van der Waals surface area (Å²) < 4.78 is 40.6. The summed E-state index contributed by atoms with van der Waals surface area (Å²) in [5.41, 5.74) is -0.564. The summed E-state index contributed by atoms with van der Waals surface area (Å²) in [6.45, 7) is 2.20. The van der Waals surface area contributed by atoms with Gasteiger partial charge in [0.1, 0.15) is 11.3 Å². The van der Waals surface area contributed by atoms with E-state index < -0.39 is 11.7 Å². The molecule has 20 heavy (non-hydrogen) atoms. The number of phenolic OH excluding ortho intramolecular Hbond substituents is 1. The average Bonchev–Trinajstić information content (AvgIpc) is 2.73. The van der Waals surface area contributed by atoms with Crippen molar-refractivity contribution < 1.29 is 18.3 Å². The molecule has 0 bridgehead atoms. The first kappa shape index (κ1) is 12.1. The fourth-order valence-electron chi connectivity index (χ4n) is 3.54. The summed E-state index contributed by atoms with van der Waals surface area (Å²) >= 11 is 0. The Bertz CT molecular complexity index is 721. The Labute approximate surface area is 113 Å². The fourth-order valence-corrected chi connectivity index (χ4v) is 3.54. The van der Waals surface area contributed by atoms with E-state index in [-0.39, 0.29) is 17.3 Å². The maximum absolute atomic E-state index is 13.0. The molecule has 2 fully saturated rings. The van der Waals surface area contributed by atoms with Crippen LogP contribution in [0.25, 0.3) is 10.9 Å². The zero-order valence-electron chi connectivity index (χ0n) is 10.8. The molecule has 1 N–H and O–H groups in total. The third-order valence-electron chi connectivity index (χ3n) is 4.82. The highest BCUT2D eigenvalue weighted by molar-refractivity contribution is 5.83. The van der Waals surface area contributed by atoms with Gasteiger partial charge < -0.3 is 5.11 Å². The molecule has 1 unspecified atom stereocenters. The molecular formula is C14H13F3N2O. The third kappa shape index (κ3) is 1.50. The number of alkyl halides is 3. The quantitative estimate of drug-likeness (QED) is 0.865. The van der Waals surface area contributed by atoms with Crippen molar-refractivity contribution in [1.82, 2.24) is 9.78 Å². The number of rotatable bonds is 1. The Hall–Kier alpha value is -1.72. The summed E-state index contributed by atoms with van der Waals surface area (Å²) in [7, 11) is 0. The summed E-state index contributed by atoms with van der Waals surface area (Å²) in [5.74, 6) is 0.161. The molecule has 2 aromatic rings. The number of nitrogens with zero attached hydrogens (tertiary/aromatic N) is 2. The Kier molecular flexibility index (Phi) is 1.99. The molecule has 0 spiro atoms. The predicted molar refractivity (Wildman–Crippen MR) is 66.3 cm³/mol. The van der Waals surface area contributed by atoms with Crippen LogP contribution >= 0.6 is 0 Å². The molecule has 0 saturated heterocycles. The van der Waals surface area contributed by atoms with Gasteiger partial charge in [0.25, 0.3) is 0 Å². The smallest absolute Gasteiger partial charge is 0.418 e. The molecule has 106 valence electrons. The van der Waals surface area contributed by atoms with Crippen molar-refractivity contribution in [3.05, 3.63) is 23.9 Å². The van der Waals surface area contributed by atoms with Crippen molar-refractivity contribution >= 4 is 10.9 Å². The number of benzene rings is 1. The largest absolute Gasteiger partial charge is 0.508 e. The number of hydrogen-bond acceptors (Lipinski definition) is 2. The molecule has 2 aliphatic carbocycles. The van der Waals surface area contributed by atoms with Gasteiger partial charge in [-0.2, -0.15) is 18.3 Å². The molecule has 1 aromatic carbocycles. The van der Waals surface area contributed by atoms with Crippen LogP contribution in [0.15, 0.2) is 18.3 Å². The molecule has 6 heteroatoms. The number of halogens is 3. The van der Waals surface area contributed by atoms with E-state index in [0.717, 1.165) is 18.9 Å². The van der Waals surface area contributed by atoms with E-state index in [2.05, 4.69) is 12.0 Å². The number of aromatic nitrogens is 2. The molecule has 3 nitrogen and oxygen atoms in total. The van der Waals surface area contributed by atoms with Crippen LogP contribution in [-0.2, 0) is 6.18 Å². The summed E-state index contributed by atoms with van der Waals surface area (Å²) in [6.07, 6.45) is -0.791. The van der Waals surface area contributed by atoms with Crippen molar-refractivity contribution in [3.8, 4) is 5.75 Å². The molecule has 3 atom stereocenters. The lowest BCUT2D eigenvalue weighted by atomic mass is 9.82. The Morgan fingerprint density at radius 2 is 2.10 bits per heavy atom. The van der Waals surface area contributed by atoms with Crippen molar-refractivity contribution in [1.29, 1.82) is 0 Å². The second-order valence-electron chi connectivity index (χ2n) is 6.27. The number of fused-ring (bicyclic) bond motifs is 2. The van der Waals surface area contributed by atoms with Crippen molar-refractivity contribution in [2.45, 2.75) is 32.0 Å². The van der Waals surface area contributed by atoms with Crippen LogP contribution < -0.4 is 0 Å². The predicted octanol–water partition coefficient (Wildman–Crippen LogP) is 3.73. The van der Waals surface area contributed by atoms with Gasteiger partial charge in [0.05, 0.1) is 11.6 Å². The molecule has 4 rings (SSSR count). The number of aromatic hydroxyl groups is 1. The van der Waals surface area contributed by atoms with Gasteiger partial charge in [-0.05, 0) is 36.3 Å². The molecular weight excluding hydrogens is 269 g/mol. The monoisotopic (exact) mass is 282 g/mol. The van der Waals surface area contributed by atoms with E-state index in [1.54, 1.807) is 10.9 Å². The lowest BCUT2D eigenvalue weighted by molar-refractivity contribution is -0.136. The minimum Gasteiger partial charge on any atom is -0.508 e. The Balaban J connectivity index is 1.83. The summed E-state index contributed by atoms with van der Waals surface area (Å²) in [6, 6.07) is 2.27. The molecule has 1 aromatic heterocycles. The highest BCUT2D eigenvalue weighted by Crippen LogP contribution is 2.72. The van der Waals surface area contributed by atoms with Gasteiger partial charge in [-0.3, -0.25) is 4.68 Å². The molecule has 0 radical (unpaired) electrons. The number of hydrogen-bond donors (Lipinski definition) is 1. The maximum Gasteiger partial charge on any atom is 0.418 e. The van der Waals surface area contributed by atoms with Gasteiger partial charge in [0.2, 0.25) is 0 Å². The second-order valence-corrected chi connectivity index (χ2v) is 6.27. The van der Waals surface area contributed by atoms with Crippen molar-refractivity contribution in [2.75, 3.05) is 0 Å². The highest BCUT2D eigenvalue weighted by Gasteiger charge is 2.64. The van der Waals surface area contributed by atoms with Crippen LogP contribution in [0, 0.1) is 11.3 Å². The summed E-state index contributed by atoms with van der Waals surface area (Å²) in [4.78, 5) is 0. The fraction of sp³-hybridized carbons (Fsp3) is 0.500. The van der Waals surface area contributed by atoms with E-state index in [1.165, 1.54) is 6.07 Å². The molecule has 0 amide bonds. The minimum atomic E-state index is -4.51. The van der Waals surface area contributed by atoms with Crippen LogP contribution in [0.3, 0.4) is 0 Å². The van der Waals surface area contributed by atoms with E-state index in [4.69, 9.17) is 0 Å². The zero-order chi connectivity index (χ0) is 14.3. The molecule has 2 saturated carbocycles. The van der Waals surface area contributed by atoms with Crippen LogP contribution in [0.5, 0.6) is 5.75 Å². The summed E-state index contributed by atoms with van der Waals surface area (Å²) in [5, 5.41) is 13.9. The number of phenols is 1. The van der Waals surface area contributed by atoms with Crippen LogP contribution in [-0.4, -0.2) is 14.9 Å². The first-order chi connectivity index (χ1) is 9.28. The van der Waals surface area contributed by atoms with E-state index >= 15 is 0 Å². The van der Waals surface area contributed by atoms with Crippen molar-refractivity contribution in [3.63, 3.8) is 0 Å². The normalized spacial score (nSPS) is 32.0. The molecule has 0 aliphatic heterocycles. The molecule has 2 aliphatic rings. The van der Waals surface area contributed by atoms with E-state index in [9.17, 15) is 18.3 Å². The standard InChI is InChI=1S/C14H13F3N2O/c1-13-4-10(13)11(5-13)19-6-7-2-8(20)3-9(12(7)18-19)14(15,16)17/h2-3,6,10-11,20H,4-5H2,1H3/t10?,11-,13+/m1/s1. The van der Waals surface area contributed by atoms with Gasteiger partial charge in [-0.15, -0.1) is 0 Å². The van der Waals surface area contributed by atoms with E-state index in [0.29, 0.717) is 16.7 Å². The van der Waals surface area contributed by atoms with Crippen molar-refractivity contribution in [2.24, 2.45) is 11.3 Å². The van der Waals surface area contributed by atoms with Crippen LogP contribution in [0.1, 0.15) is 31.4 Å². The van der Waals surface area contributed by atoms with Gasteiger partial charge >= 0.3 is 6.18 Å². The van der Waals surface area contributed by atoms with Gasteiger partial charge in [0.15, 0.2) is 0 Å². The van der Waals surface area contributed by atoms with Crippen LogP contribution in [0.4, 0.5) is 13.2 Å². The van der Waals surface area contributed by atoms with Gasteiger partial charge in [0, 0.05) is 11.6 Å².